The van der Waals surface area contributed by atoms with Gasteiger partial charge in [0, 0.05) is 18.0 Å². The summed E-state index contributed by atoms with van der Waals surface area (Å²) in [5, 5.41) is 6.49. The summed E-state index contributed by atoms with van der Waals surface area (Å²) in [6.07, 6.45) is 3.16. The molecule has 1 heterocycles. The first kappa shape index (κ1) is 9.97. The van der Waals surface area contributed by atoms with Crippen molar-refractivity contribution in [2.45, 2.75) is 45.2 Å². The third-order valence-corrected chi connectivity index (χ3v) is 3.43. The predicted octanol–water partition coefficient (Wildman–Crippen LogP) is 0.899. The number of nitrogens with one attached hydrogen (secondary N) is 2. The highest BCUT2D eigenvalue weighted by Crippen LogP contribution is 2.29. The molecule has 0 aromatic heterocycles. The summed E-state index contributed by atoms with van der Waals surface area (Å²) in [6, 6.07) is 0.976. The highest BCUT2D eigenvalue weighted by atomic mass is 16.2. The second-order valence-electron chi connectivity index (χ2n) is 4.90. The zero-order valence-electron chi connectivity index (χ0n) is 9.05. The van der Waals surface area contributed by atoms with Crippen molar-refractivity contribution < 1.29 is 4.79 Å². The summed E-state index contributed by atoms with van der Waals surface area (Å²) in [7, 11) is 0. The van der Waals surface area contributed by atoms with E-state index in [2.05, 4.69) is 24.5 Å². The Kier molecular flexibility index (Phi) is 2.77. The third kappa shape index (κ3) is 2.27. The van der Waals surface area contributed by atoms with Crippen molar-refractivity contribution in [3.63, 3.8) is 0 Å². The largest absolute Gasteiger partial charge is 0.353 e. The van der Waals surface area contributed by atoms with Gasteiger partial charge in [0.05, 0.1) is 0 Å². The fourth-order valence-corrected chi connectivity index (χ4v) is 2.19. The van der Waals surface area contributed by atoms with E-state index in [0.29, 0.717) is 18.0 Å². The molecule has 2 unspecified atom stereocenters. The van der Waals surface area contributed by atoms with E-state index in [1.165, 1.54) is 6.42 Å². The van der Waals surface area contributed by atoms with E-state index in [1.807, 2.05) is 0 Å². The van der Waals surface area contributed by atoms with E-state index in [9.17, 15) is 4.79 Å². The van der Waals surface area contributed by atoms with Crippen molar-refractivity contribution >= 4 is 5.91 Å². The zero-order valence-corrected chi connectivity index (χ0v) is 9.05. The van der Waals surface area contributed by atoms with Gasteiger partial charge in [0.25, 0.3) is 0 Å². The van der Waals surface area contributed by atoms with Gasteiger partial charge in [-0.25, -0.2) is 0 Å². The summed E-state index contributed by atoms with van der Waals surface area (Å²) >= 11 is 0. The zero-order chi connectivity index (χ0) is 10.1. The lowest BCUT2D eigenvalue weighted by molar-refractivity contribution is -0.126. The van der Waals surface area contributed by atoms with Crippen LogP contribution in [0.3, 0.4) is 0 Å². The summed E-state index contributed by atoms with van der Waals surface area (Å²) in [4.78, 5) is 11.8. The van der Waals surface area contributed by atoms with Crippen LogP contribution in [0.2, 0.25) is 0 Å². The molecule has 4 atom stereocenters. The first-order valence-electron chi connectivity index (χ1n) is 5.70. The van der Waals surface area contributed by atoms with Crippen molar-refractivity contribution in [3.05, 3.63) is 0 Å². The molecule has 2 fully saturated rings. The molecule has 0 bridgehead atoms. The number of rotatable bonds is 2. The molecule has 1 aliphatic carbocycles. The van der Waals surface area contributed by atoms with Crippen LogP contribution in [-0.2, 0) is 4.79 Å². The van der Waals surface area contributed by atoms with Gasteiger partial charge in [-0.1, -0.05) is 6.92 Å². The van der Waals surface area contributed by atoms with Gasteiger partial charge in [-0.15, -0.1) is 0 Å². The van der Waals surface area contributed by atoms with Crippen LogP contribution in [0.1, 0.15) is 33.1 Å². The smallest absolute Gasteiger partial charge is 0.223 e. The van der Waals surface area contributed by atoms with Gasteiger partial charge in [-0.2, -0.15) is 0 Å². The van der Waals surface area contributed by atoms with E-state index < -0.39 is 0 Å². The van der Waals surface area contributed by atoms with Crippen LogP contribution >= 0.6 is 0 Å². The van der Waals surface area contributed by atoms with E-state index >= 15 is 0 Å². The van der Waals surface area contributed by atoms with E-state index in [1.54, 1.807) is 0 Å². The second-order valence-corrected chi connectivity index (χ2v) is 4.90. The van der Waals surface area contributed by atoms with Crippen molar-refractivity contribution in [3.8, 4) is 0 Å². The summed E-state index contributed by atoms with van der Waals surface area (Å²) in [5.74, 6) is 1.24. The lowest BCUT2D eigenvalue weighted by Gasteiger charge is -2.27. The summed E-state index contributed by atoms with van der Waals surface area (Å²) in [6.45, 7) is 5.33. The van der Waals surface area contributed by atoms with Crippen molar-refractivity contribution in [2.24, 2.45) is 11.8 Å². The molecule has 3 nitrogen and oxygen atoms in total. The van der Waals surface area contributed by atoms with Gasteiger partial charge >= 0.3 is 0 Å². The average Bonchev–Trinajstić information content (AvgIpc) is 2.81. The van der Waals surface area contributed by atoms with E-state index in [0.717, 1.165) is 19.4 Å². The van der Waals surface area contributed by atoms with Crippen LogP contribution in [0.4, 0.5) is 0 Å². The lowest BCUT2D eigenvalue weighted by Crippen LogP contribution is -2.43. The Hall–Kier alpha value is -0.570. The second kappa shape index (κ2) is 3.89. The molecular weight excluding hydrogens is 176 g/mol. The minimum Gasteiger partial charge on any atom is -0.353 e. The molecule has 80 valence electrons. The fraction of sp³-hybridized carbons (Fsp3) is 0.909. The highest BCUT2D eigenvalue weighted by molar-refractivity contribution is 5.79. The lowest BCUT2D eigenvalue weighted by atomic mass is 9.92. The molecule has 0 radical (unpaired) electrons. The number of hydrogen-bond donors (Lipinski definition) is 2. The van der Waals surface area contributed by atoms with Crippen molar-refractivity contribution in [1.82, 2.24) is 10.6 Å². The van der Waals surface area contributed by atoms with Crippen LogP contribution < -0.4 is 10.6 Å². The minimum absolute atomic E-state index is 0.249. The molecule has 3 heteroatoms. The molecule has 2 aliphatic rings. The maximum atomic E-state index is 11.8. The Balaban J connectivity index is 1.78. The molecule has 0 spiro atoms. The number of hydrogen-bond acceptors (Lipinski definition) is 2. The molecule has 0 aromatic carbocycles. The van der Waals surface area contributed by atoms with Crippen LogP contribution in [0.25, 0.3) is 0 Å². The van der Waals surface area contributed by atoms with Crippen LogP contribution in [0, 0.1) is 11.8 Å². The Morgan fingerprint density at radius 3 is 2.64 bits per heavy atom. The van der Waals surface area contributed by atoms with Gasteiger partial charge in [0.1, 0.15) is 0 Å². The van der Waals surface area contributed by atoms with Gasteiger partial charge < -0.3 is 10.6 Å². The molecule has 1 saturated heterocycles. The van der Waals surface area contributed by atoms with Crippen molar-refractivity contribution in [2.75, 3.05) is 6.54 Å². The van der Waals surface area contributed by atoms with E-state index in [-0.39, 0.29) is 11.8 Å². The normalized spacial score (nSPS) is 41.9. The molecule has 1 saturated carbocycles. The first-order valence-corrected chi connectivity index (χ1v) is 5.70. The van der Waals surface area contributed by atoms with Gasteiger partial charge in [0.15, 0.2) is 0 Å². The molecule has 2 rings (SSSR count). The monoisotopic (exact) mass is 196 g/mol. The Labute approximate surface area is 85.6 Å². The Bertz CT molecular complexity index is 229. The number of piperidine rings is 1. The molecular formula is C11H20N2O. The van der Waals surface area contributed by atoms with Gasteiger partial charge in [-0.3, -0.25) is 4.79 Å². The Morgan fingerprint density at radius 1 is 1.36 bits per heavy atom. The molecule has 1 amide bonds. The van der Waals surface area contributed by atoms with Crippen LogP contribution in [-0.4, -0.2) is 24.5 Å². The number of carbonyl (C=O) groups excluding carboxylic acids is 1. The summed E-state index contributed by atoms with van der Waals surface area (Å²) in [5.41, 5.74) is 0. The standard InChI is InChI=1S/C11H20N2O/c1-7-5-10(7)13-11(14)9-3-4-12-8(2)6-9/h7-10,12H,3-6H2,1-2H3,(H,13,14)/t7?,8-,9-,10?/m0/s1. The highest BCUT2D eigenvalue weighted by Gasteiger charge is 2.36. The summed E-state index contributed by atoms with van der Waals surface area (Å²) < 4.78 is 0. The minimum atomic E-state index is 0.249. The molecule has 0 aromatic rings. The molecule has 2 N–H and O–H groups in total. The maximum absolute atomic E-state index is 11.8. The third-order valence-electron chi connectivity index (χ3n) is 3.43. The van der Waals surface area contributed by atoms with E-state index in [4.69, 9.17) is 0 Å². The Morgan fingerprint density at radius 2 is 2.07 bits per heavy atom. The van der Waals surface area contributed by atoms with Gasteiger partial charge in [0.2, 0.25) is 5.91 Å². The maximum Gasteiger partial charge on any atom is 0.223 e. The fourth-order valence-electron chi connectivity index (χ4n) is 2.19. The molecule has 14 heavy (non-hydrogen) atoms. The number of amides is 1. The number of carbonyl (C=O) groups is 1. The van der Waals surface area contributed by atoms with Gasteiger partial charge in [-0.05, 0) is 38.6 Å². The molecule has 1 aliphatic heterocycles. The SMILES string of the molecule is CC1CC1NC(=O)[C@H]1CCN[C@@H](C)C1. The topological polar surface area (TPSA) is 41.1 Å². The quantitative estimate of drug-likeness (QED) is 0.689. The predicted molar refractivity (Wildman–Crippen MR) is 55.9 cm³/mol. The van der Waals surface area contributed by atoms with Crippen LogP contribution in [0.5, 0.6) is 0 Å². The van der Waals surface area contributed by atoms with Crippen LogP contribution in [0.15, 0.2) is 0 Å². The van der Waals surface area contributed by atoms with Crippen molar-refractivity contribution in [1.29, 1.82) is 0 Å². The first-order chi connectivity index (χ1) is 6.66. The average molecular weight is 196 g/mol.